The van der Waals surface area contributed by atoms with E-state index < -0.39 is 15.9 Å². The third-order valence-corrected chi connectivity index (χ3v) is 6.37. The van der Waals surface area contributed by atoms with Crippen molar-refractivity contribution in [1.29, 1.82) is 0 Å². The van der Waals surface area contributed by atoms with Gasteiger partial charge in [0.2, 0.25) is 9.47 Å². The minimum Gasteiger partial charge on any atom is -0.296 e. The van der Waals surface area contributed by atoms with Crippen LogP contribution in [0.5, 0.6) is 0 Å². The van der Waals surface area contributed by atoms with Crippen LogP contribution in [-0.2, 0) is 16.6 Å². The first-order chi connectivity index (χ1) is 12.8. The molecule has 7 nitrogen and oxygen atoms in total. The van der Waals surface area contributed by atoms with Gasteiger partial charge in [0.1, 0.15) is 0 Å². The van der Waals surface area contributed by atoms with Gasteiger partial charge in [0, 0.05) is 17.1 Å². The highest BCUT2D eigenvalue weighted by molar-refractivity contribution is 7.91. The SMILES string of the molecule is Cc1cccc(CNS(=O)(=O)c2nnc(NC(=O)c3ccc(Cl)cc3)s2)c1. The van der Waals surface area contributed by atoms with Crippen molar-refractivity contribution in [3.8, 4) is 0 Å². The standard InChI is InChI=1S/C17H15ClN4O3S2/c1-11-3-2-4-12(9-11)10-19-27(24,25)17-22-21-16(26-17)20-15(23)13-5-7-14(18)8-6-13/h2-9,19H,10H2,1H3,(H,20,21,23). The van der Waals surface area contributed by atoms with E-state index in [1.807, 2.05) is 31.2 Å². The molecule has 140 valence electrons. The molecule has 0 saturated carbocycles. The minimum absolute atomic E-state index is 0.0888. The van der Waals surface area contributed by atoms with Crippen molar-refractivity contribution in [2.75, 3.05) is 5.32 Å². The Balaban J connectivity index is 1.66. The maximum absolute atomic E-state index is 12.4. The van der Waals surface area contributed by atoms with Crippen molar-refractivity contribution < 1.29 is 13.2 Å². The molecule has 2 N–H and O–H groups in total. The summed E-state index contributed by atoms with van der Waals surface area (Å²) in [6.45, 7) is 2.06. The molecule has 0 radical (unpaired) electrons. The van der Waals surface area contributed by atoms with E-state index in [0.717, 1.165) is 22.5 Å². The Hall–Kier alpha value is -2.33. The van der Waals surface area contributed by atoms with Gasteiger partial charge >= 0.3 is 0 Å². The zero-order valence-corrected chi connectivity index (χ0v) is 16.5. The third-order valence-electron chi connectivity index (χ3n) is 3.51. The average molecular weight is 423 g/mol. The smallest absolute Gasteiger partial charge is 0.270 e. The van der Waals surface area contributed by atoms with Crippen LogP contribution in [0.2, 0.25) is 5.02 Å². The Morgan fingerprint density at radius 2 is 1.89 bits per heavy atom. The largest absolute Gasteiger partial charge is 0.296 e. The van der Waals surface area contributed by atoms with Crippen molar-refractivity contribution in [2.24, 2.45) is 0 Å². The van der Waals surface area contributed by atoms with Crippen molar-refractivity contribution in [2.45, 2.75) is 17.8 Å². The summed E-state index contributed by atoms with van der Waals surface area (Å²) in [5.41, 5.74) is 2.24. The maximum atomic E-state index is 12.4. The fourth-order valence-electron chi connectivity index (χ4n) is 2.20. The third kappa shape index (κ3) is 5.10. The number of halogens is 1. The second-order valence-electron chi connectivity index (χ2n) is 5.65. The number of anilines is 1. The lowest BCUT2D eigenvalue weighted by molar-refractivity contribution is 0.102. The Kier molecular flexibility index (Phi) is 5.85. The van der Waals surface area contributed by atoms with Crippen LogP contribution in [0.15, 0.2) is 52.9 Å². The van der Waals surface area contributed by atoms with Gasteiger partial charge in [0.15, 0.2) is 0 Å². The lowest BCUT2D eigenvalue weighted by Crippen LogP contribution is -2.23. The predicted molar refractivity (Wildman–Crippen MR) is 105 cm³/mol. The average Bonchev–Trinajstić information content (AvgIpc) is 3.10. The first-order valence-corrected chi connectivity index (χ1v) is 10.5. The van der Waals surface area contributed by atoms with Crippen molar-refractivity contribution in [3.05, 3.63) is 70.2 Å². The van der Waals surface area contributed by atoms with E-state index in [0.29, 0.717) is 10.6 Å². The van der Waals surface area contributed by atoms with E-state index in [9.17, 15) is 13.2 Å². The lowest BCUT2D eigenvalue weighted by atomic mass is 10.1. The van der Waals surface area contributed by atoms with Gasteiger partial charge in [-0.25, -0.2) is 13.1 Å². The molecule has 0 aliphatic heterocycles. The van der Waals surface area contributed by atoms with Crippen LogP contribution in [0.1, 0.15) is 21.5 Å². The number of nitrogens with zero attached hydrogens (tertiary/aromatic N) is 2. The summed E-state index contributed by atoms with van der Waals surface area (Å²) in [4.78, 5) is 12.1. The van der Waals surface area contributed by atoms with Crippen molar-refractivity contribution in [1.82, 2.24) is 14.9 Å². The maximum Gasteiger partial charge on any atom is 0.270 e. The van der Waals surface area contributed by atoms with E-state index in [4.69, 9.17) is 11.6 Å². The molecule has 0 saturated heterocycles. The summed E-state index contributed by atoms with van der Waals surface area (Å²) in [7, 11) is -3.83. The molecule has 1 heterocycles. The van der Waals surface area contributed by atoms with Gasteiger partial charge in [0.05, 0.1) is 0 Å². The Labute approximate surface area is 165 Å². The first kappa shape index (κ1) is 19.4. The normalized spacial score (nSPS) is 11.3. The molecule has 10 heteroatoms. The number of sulfonamides is 1. The summed E-state index contributed by atoms with van der Waals surface area (Å²) in [6, 6.07) is 13.8. The molecule has 3 aromatic rings. The molecule has 3 rings (SSSR count). The Morgan fingerprint density at radius 1 is 1.15 bits per heavy atom. The number of nitrogens with one attached hydrogen (secondary N) is 2. The predicted octanol–water partition coefficient (Wildman–Crippen LogP) is 3.23. The number of benzene rings is 2. The topological polar surface area (TPSA) is 101 Å². The van der Waals surface area contributed by atoms with E-state index in [2.05, 4.69) is 20.2 Å². The molecule has 27 heavy (non-hydrogen) atoms. The summed E-state index contributed by atoms with van der Waals surface area (Å²) in [5, 5.41) is 10.5. The van der Waals surface area contributed by atoms with E-state index in [1.165, 1.54) is 0 Å². The molecule has 0 aliphatic carbocycles. The molecule has 0 atom stereocenters. The van der Waals surface area contributed by atoms with Crippen LogP contribution in [0.4, 0.5) is 5.13 Å². The molecular weight excluding hydrogens is 408 g/mol. The zero-order valence-electron chi connectivity index (χ0n) is 14.1. The van der Waals surface area contributed by atoms with E-state index in [-0.39, 0.29) is 16.0 Å². The van der Waals surface area contributed by atoms with Gasteiger partial charge in [-0.15, -0.1) is 10.2 Å². The molecule has 2 aromatic carbocycles. The quantitative estimate of drug-likeness (QED) is 0.594. The molecular formula is C17H15ClN4O3S2. The van der Waals surface area contributed by atoms with E-state index in [1.54, 1.807) is 24.3 Å². The molecule has 0 fully saturated rings. The number of hydrogen-bond donors (Lipinski definition) is 2. The molecule has 1 aromatic heterocycles. The number of carbonyl (C=O) groups is 1. The minimum atomic E-state index is -3.83. The molecule has 0 bridgehead atoms. The van der Waals surface area contributed by atoms with Crippen LogP contribution >= 0.6 is 22.9 Å². The van der Waals surface area contributed by atoms with Crippen molar-refractivity contribution >= 4 is 44.0 Å². The molecule has 0 unspecified atom stereocenters. The highest BCUT2D eigenvalue weighted by Gasteiger charge is 2.21. The zero-order chi connectivity index (χ0) is 19.4. The summed E-state index contributed by atoms with van der Waals surface area (Å²) < 4.78 is 27.0. The Morgan fingerprint density at radius 3 is 2.59 bits per heavy atom. The number of rotatable bonds is 6. The highest BCUT2D eigenvalue weighted by atomic mass is 35.5. The number of hydrogen-bond acceptors (Lipinski definition) is 6. The number of carbonyl (C=O) groups excluding carboxylic acids is 1. The highest BCUT2D eigenvalue weighted by Crippen LogP contribution is 2.21. The van der Waals surface area contributed by atoms with Gasteiger partial charge in [0.25, 0.3) is 15.9 Å². The monoisotopic (exact) mass is 422 g/mol. The van der Waals surface area contributed by atoms with Crippen LogP contribution in [0, 0.1) is 6.92 Å². The van der Waals surface area contributed by atoms with Gasteiger partial charge in [-0.2, -0.15) is 0 Å². The summed E-state index contributed by atoms with van der Waals surface area (Å²) >= 11 is 6.56. The molecule has 1 amide bonds. The fraction of sp³-hybridized carbons (Fsp3) is 0.118. The lowest BCUT2D eigenvalue weighted by Gasteiger charge is -2.04. The van der Waals surface area contributed by atoms with Gasteiger partial charge in [-0.3, -0.25) is 10.1 Å². The first-order valence-electron chi connectivity index (χ1n) is 7.79. The Bertz CT molecular complexity index is 1070. The number of amides is 1. The van der Waals surface area contributed by atoms with Crippen molar-refractivity contribution in [3.63, 3.8) is 0 Å². The van der Waals surface area contributed by atoms with Gasteiger partial charge in [-0.05, 0) is 36.8 Å². The number of aromatic nitrogens is 2. The van der Waals surface area contributed by atoms with Gasteiger partial charge < -0.3 is 0 Å². The van der Waals surface area contributed by atoms with Crippen LogP contribution < -0.4 is 10.0 Å². The second-order valence-corrected chi connectivity index (χ2v) is 9.00. The molecule has 0 spiro atoms. The summed E-state index contributed by atoms with van der Waals surface area (Å²) in [6.07, 6.45) is 0. The second kappa shape index (κ2) is 8.13. The van der Waals surface area contributed by atoms with Crippen LogP contribution in [0.25, 0.3) is 0 Å². The molecule has 0 aliphatic rings. The fourth-order valence-corrected chi connectivity index (χ4v) is 4.28. The van der Waals surface area contributed by atoms with E-state index >= 15 is 0 Å². The number of aryl methyl sites for hydroxylation is 1. The summed E-state index contributed by atoms with van der Waals surface area (Å²) in [5.74, 6) is -0.431. The van der Waals surface area contributed by atoms with Crippen LogP contribution in [-0.4, -0.2) is 24.5 Å². The van der Waals surface area contributed by atoms with Crippen LogP contribution in [0.3, 0.4) is 0 Å². The van der Waals surface area contributed by atoms with Gasteiger partial charge in [-0.1, -0.05) is 52.8 Å².